The fraction of sp³-hybridized carbons (Fsp3) is 0.467. The number of rotatable bonds is 3. The number of anilines is 1. The van der Waals surface area contributed by atoms with Crippen LogP contribution in [-0.2, 0) is 0 Å². The van der Waals surface area contributed by atoms with Crippen molar-refractivity contribution < 1.29 is 9.32 Å². The van der Waals surface area contributed by atoms with E-state index in [0.717, 1.165) is 30.6 Å². The predicted molar refractivity (Wildman–Crippen MR) is 88.2 cm³/mol. The molecule has 1 saturated carbocycles. The number of nitrogen functional groups attached to an aromatic ring is 1. The highest BCUT2D eigenvalue weighted by Crippen LogP contribution is 2.34. The fourth-order valence-electron chi connectivity index (χ4n) is 2.81. The molecule has 0 spiro atoms. The minimum atomic E-state index is -0.217. The van der Waals surface area contributed by atoms with Gasteiger partial charge in [0.05, 0.1) is 9.21 Å². The van der Waals surface area contributed by atoms with Crippen LogP contribution in [0.25, 0.3) is 10.6 Å². The van der Waals surface area contributed by atoms with Crippen LogP contribution in [-0.4, -0.2) is 17.1 Å². The van der Waals surface area contributed by atoms with Crippen molar-refractivity contribution >= 4 is 34.7 Å². The normalized spacial score (nSPS) is 16.4. The van der Waals surface area contributed by atoms with E-state index in [1.165, 1.54) is 24.2 Å². The van der Waals surface area contributed by atoms with Gasteiger partial charge in [0.25, 0.3) is 5.91 Å². The number of nitrogens with one attached hydrogen (secondary N) is 1. The Hall–Kier alpha value is -1.53. The number of hydrogen-bond acceptors (Lipinski definition) is 5. The Morgan fingerprint density at radius 2 is 2.05 bits per heavy atom. The molecule has 5 nitrogen and oxygen atoms in total. The Morgan fingerprint density at radius 1 is 1.32 bits per heavy atom. The molecule has 2 aromatic rings. The number of carbonyl (C=O) groups excluding carboxylic acids is 1. The first-order valence-electron chi connectivity index (χ1n) is 7.47. The van der Waals surface area contributed by atoms with E-state index < -0.39 is 0 Å². The van der Waals surface area contributed by atoms with Crippen molar-refractivity contribution in [3.8, 4) is 10.6 Å². The summed E-state index contributed by atoms with van der Waals surface area (Å²) in [5, 5.41) is 6.99. The second-order valence-corrected chi connectivity index (χ2v) is 7.25. The lowest BCUT2D eigenvalue weighted by Crippen LogP contribution is -2.34. The second kappa shape index (κ2) is 6.71. The van der Waals surface area contributed by atoms with Crippen LogP contribution in [0.15, 0.2) is 16.7 Å². The van der Waals surface area contributed by atoms with Crippen LogP contribution in [0.1, 0.15) is 48.9 Å². The lowest BCUT2D eigenvalue weighted by Gasteiger charge is -2.15. The molecule has 3 rings (SSSR count). The van der Waals surface area contributed by atoms with Gasteiger partial charge in [0.1, 0.15) is 11.3 Å². The zero-order chi connectivity index (χ0) is 15.5. The molecule has 7 heteroatoms. The summed E-state index contributed by atoms with van der Waals surface area (Å²) in [7, 11) is 0. The number of thiophene rings is 1. The van der Waals surface area contributed by atoms with Crippen LogP contribution >= 0.6 is 22.9 Å². The van der Waals surface area contributed by atoms with Crippen molar-refractivity contribution in [3.05, 3.63) is 22.0 Å². The molecular formula is C15H18ClN3O2S. The summed E-state index contributed by atoms with van der Waals surface area (Å²) in [6, 6.07) is 3.77. The molecule has 2 heterocycles. The van der Waals surface area contributed by atoms with Crippen LogP contribution in [0, 0.1) is 0 Å². The summed E-state index contributed by atoms with van der Waals surface area (Å²) in [5.41, 5.74) is 6.57. The maximum atomic E-state index is 12.6. The van der Waals surface area contributed by atoms with Gasteiger partial charge in [-0.3, -0.25) is 4.79 Å². The SMILES string of the molecule is Nc1onc(-c2ccc(Cl)s2)c1C(=O)NC1CCCCCC1. The molecule has 0 bridgehead atoms. The van der Waals surface area contributed by atoms with E-state index in [2.05, 4.69) is 10.5 Å². The van der Waals surface area contributed by atoms with Crippen molar-refractivity contribution in [2.24, 2.45) is 0 Å². The van der Waals surface area contributed by atoms with E-state index in [1.54, 1.807) is 6.07 Å². The molecule has 2 aromatic heterocycles. The zero-order valence-corrected chi connectivity index (χ0v) is 13.7. The Bertz CT molecular complexity index is 660. The maximum Gasteiger partial charge on any atom is 0.259 e. The molecule has 0 unspecified atom stereocenters. The number of halogens is 1. The largest absolute Gasteiger partial charge is 0.367 e. The monoisotopic (exact) mass is 339 g/mol. The number of carbonyl (C=O) groups is 1. The smallest absolute Gasteiger partial charge is 0.259 e. The van der Waals surface area contributed by atoms with Crippen molar-refractivity contribution in [2.45, 2.75) is 44.6 Å². The van der Waals surface area contributed by atoms with E-state index in [4.69, 9.17) is 21.9 Å². The van der Waals surface area contributed by atoms with Gasteiger partial charge in [-0.15, -0.1) is 11.3 Å². The van der Waals surface area contributed by atoms with Crippen molar-refractivity contribution in [2.75, 3.05) is 5.73 Å². The van der Waals surface area contributed by atoms with Gasteiger partial charge in [0.15, 0.2) is 0 Å². The van der Waals surface area contributed by atoms with Gasteiger partial charge in [-0.25, -0.2) is 0 Å². The lowest BCUT2D eigenvalue weighted by molar-refractivity contribution is 0.0934. The topological polar surface area (TPSA) is 81.2 Å². The highest BCUT2D eigenvalue weighted by Gasteiger charge is 2.25. The van der Waals surface area contributed by atoms with Gasteiger partial charge in [-0.1, -0.05) is 42.4 Å². The standard InChI is InChI=1S/C15H18ClN3O2S/c16-11-8-7-10(22-11)13-12(14(17)21-19-13)15(20)18-9-5-3-1-2-4-6-9/h7-9H,1-6,17H2,(H,18,20). The fourth-order valence-corrected chi connectivity index (χ4v) is 3.84. The molecule has 0 saturated heterocycles. The summed E-state index contributed by atoms with van der Waals surface area (Å²) in [4.78, 5) is 13.4. The molecule has 0 aliphatic heterocycles. The van der Waals surface area contributed by atoms with E-state index in [0.29, 0.717) is 15.6 Å². The third-order valence-corrected chi connectivity index (χ3v) is 5.18. The average molecular weight is 340 g/mol. The Balaban J connectivity index is 1.81. The van der Waals surface area contributed by atoms with E-state index in [-0.39, 0.29) is 17.8 Å². The third kappa shape index (κ3) is 3.28. The summed E-state index contributed by atoms with van der Waals surface area (Å²) in [5.74, 6) is -0.171. The number of amides is 1. The number of hydrogen-bond donors (Lipinski definition) is 2. The number of aromatic nitrogens is 1. The predicted octanol–water partition coefficient (Wildman–Crippen LogP) is 4.09. The van der Waals surface area contributed by atoms with Crippen LogP contribution in [0.2, 0.25) is 4.34 Å². The first-order chi connectivity index (χ1) is 10.6. The van der Waals surface area contributed by atoms with Gasteiger partial charge in [0.2, 0.25) is 5.88 Å². The van der Waals surface area contributed by atoms with Gasteiger partial charge < -0.3 is 15.6 Å². The first kappa shape index (κ1) is 15.4. The summed E-state index contributed by atoms with van der Waals surface area (Å²) in [6.07, 6.45) is 6.80. The van der Waals surface area contributed by atoms with Crippen LogP contribution < -0.4 is 11.1 Å². The molecule has 1 amide bonds. The van der Waals surface area contributed by atoms with Crippen molar-refractivity contribution in [1.29, 1.82) is 0 Å². The van der Waals surface area contributed by atoms with E-state index >= 15 is 0 Å². The minimum Gasteiger partial charge on any atom is -0.367 e. The summed E-state index contributed by atoms with van der Waals surface area (Å²) < 4.78 is 5.66. The van der Waals surface area contributed by atoms with Gasteiger partial charge in [0, 0.05) is 6.04 Å². The van der Waals surface area contributed by atoms with Crippen LogP contribution in [0.3, 0.4) is 0 Å². The Morgan fingerprint density at radius 3 is 2.68 bits per heavy atom. The van der Waals surface area contributed by atoms with Gasteiger partial charge in [-0.2, -0.15) is 0 Å². The van der Waals surface area contributed by atoms with Crippen LogP contribution in [0.5, 0.6) is 0 Å². The molecular weight excluding hydrogens is 322 g/mol. The molecule has 0 radical (unpaired) electrons. The number of nitrogens with zero attached hydrogens (tertiary/aromatic N) is 1. The third-order valence-electron chi connectivity index (χ3n) is 3.94. The molecule has 1 aliphatic rings. The second-order valence-electron chi connectivity index (χ2n) is 5.54. The van der Waals surface area contributed by atoms with Crippen molar-refractivity contribution in [1.82, 2.24) is 10.5 Å². The Labute approximate surface area is 137 Å². The molecule has 1 fully saturated rings. The quantitative estimate of drug-likeness (QED) is 0.825. The molecule has 118 valence electrons. The molecule has 0 aromatic carbocycles. The molecule has 0 atom stereocenters. The van der Waals surface area contributed by atoms with E-state index in [9.17, 15) is 4.79 Å². The summed E-state index contributed by atoms with van der Waals surface area (Å²) in [6.45, 7) is 0. The molecule has 3 N–H and O–H groups in total. The van der Waals surface area contributed by atoms with Crippen LogP contribution in [0.4, 0.5) is 5.88 Å². The first-order valence-corrected chi connectivity index (χ1v) is 8.66. The highest BCUT2D eigenvalue weighted by molar-refractivity contribution is 7.19. The average Bonchev–Trinajstić information content (AvgIpc) is 2.98. The van der Waals surface area contributed by atoms with Gasteiger partial charge in [-0.05, 0) is 25.0 Å². The molecule has 1 aliphatic carbocycles. The minimum absolute atomic E-state index is 0.0469. The summed E-state index contributed by atoms with van der Waals surface area (Å²) >= 11 is 7.29. The highest BCUT2D eigenvalue weighted by atomic mass is 35.5. The number of nitrogens with two attached hydrogens (primary N) is 1. The maximum absolute atomic E-state index is 12.6. The van der Waals surface area contributed by atoms with Crippen molar-refractivity contribution in [3.63, 3.8) is 0 Å². The van der Waals surface area contributed by atoms with Gasteiger partial charge >= 0.3 is 0 Å². The lowest BCUT2D eigenvalue weighted by atomic mass is 10.1. The van der Waals surface area contributed by atoms with E-state index in [1.807, 2.05) is 6.07 Å². The zero-order valence-electron chi connectivity index (χ0n) is 12.1. The molecule has 22 heavy (non-hydrogen) atoms. The Kier molecular flexibility index (Phi) is 4.69.